The van der Waals surface area contributed by atoms with Crippen molar-refractivity contribution in [1.82, 2.24) is 4.90 Å². The average Bonchev–Trinajstić information content (AvgIpc) is 2.72. The predicted molar refractivity (Wildman–Crippen MR) is 115 cm³/mol. The van der Waals surface area contributed by atoms with Crippen molar-refractivity contribution in [2.75, 3.05) is 26.2 Å². The summed E-state index contributed by atoms with van der Waals surface area (Å²) in [4.78, 5) is 18.8. The Labute approximate surface area is 177 Å². The summed E-state index contributed by atoms with van der Waals surface area (Å²) < 4.78 is 13.6. The third-order valence-electron chi connectivity index (χ3n) is 5.73. The molecule has 2 aromatic rings. The molecule has 2 aromatic carbocycles. The number of rotatable bonds is 8. The number of benzene rings is 2. The largest absolute Gasteiger partial charge is 0.481 e. The molecule has 1 N–H and O–H groups in total. The molecule has 0 bridgehead atoms. The second-order valence-electron chi connectivity index (χ2n) is 7.90. The topological polar surface area (TPSA) is 62.1 Å². The van der Waals surface area contributed by atoms with Gasteiger partial charge in [-0.1, -0.05) is 35.5 Å². The molecule has 2 atom stereocenters. The van der Waals surface area contributed by atoms with Crippen LogP contribution in [0.25, 0.3) is 0 Å². The molecule has 30 heavy (non-hydrogen) atoms. The van der Waals surface area contributed by atoms with Gasteiger partial charge in [-0.25, -0.2) is 4.39 Å². The molecule has 3 rings (SSSR count). The summed E-state index contributed by atoms with van der Waals surface area (Å²) in [5.41, 5.74) is 4.08. The highest BCUT2D eigenvalue weighted by Crippen LogP contribution is 2.28. The lowest BCUT2D eigenvalue weighted by molar-refractivity contribution is -0.143. The van der Waals surface area contributed by atoms with E-state index in [1.165, 1.54) is 12.1 Å². The van der Waals surface area contributed by atoms with Crippen LogP contribution in [-0.2, 0) is 9.63 Å². The monoisotopic (exact) mass is 412 g/mol. The Morgan fingerprint density at radius 1 is 1.27 bits per heavy atom. The minimum atomic E-state index is -0.727. The van der Waals surface area contributed by atoms with E-state index >= 15 is 0 Å². The zero-order valence-electron chi connectivity index (χ0n) is 17.6. The van der Waals surface area contributed by atoms with Crippen molar-refractivity contribution >= 4 is 12.2 Å². The van der Waals surface area contributed by atoms with Crippen LogP contribution in [0.4, 0.5) is 4.39 Å². The molecule has 160 valence electrons. The average molecular weight is 413 g/mol. The minimum absolute atomic E-state index is 0.141. The lowest BCUT2D eigenvalue weighted by Gasteiger charge is -2.29. The third-order valence-corrected chi connectivity index (χ3v) is 5.73. The highest BCUT2D eigenvalue weighted by molar-refractivity contribution is 5.74. The zero-order chi connectivity index (χ0) is 21.5. The fourth-order valence-corrected chi connectivity index (χ4v) is 4.04. The van der Waals surface area contributed by atoms with Crippen LogP contribution in [0.5, 0.6) is 0 Å². The quantitative estimate of drug-likeness (QED) is 0.397. The summed E-state index contributed by atoms with van der Waals surface area (Å²) >= 11 is 0. The molecule has 0 amide bonds. The Balaban J connectivity index is 1.66. The maximum absolute atomic E-state index is 13.6. The maximum atomic E-state index is 13.6. The van der Waals surface area contributed by atoms with Crippen LogP contribution in [0.2, 0.25) is 0 Å². The Hall–Kier alpha value is -2.73. The standard InChI is InChI=1S/C24H29FN2O3/c1-17-6-3-4-8-21(17)23(22-10-9-20(25)14-18(22)2)15-26-30-13-12-27-11-5-7-19(16-27)24(28)29/h3-4,6,8-10,14-15,19,23H,5,7,11-13,16H2,1-2H3,(H,28,29)/t19-,23?/m1/s1. The highest BCUT2D eigenvalue weighted by atomic mass is 19.1. The first-order valence-electron chi connectivity index (χ1n) is 10.4. The molecule has 1 aliphatic heterocycles. The molecule has 1 aliphatic rings. The first-order valence-corrected chi connectivity index (χ1v) is 10.4. The molecule has 0 saturated carbocycles. The van der Waals surface area contributed by atoms with E-state index in [-0.39, 0.29) is 17.7 Å². The first-order chi connectivity index (χ1) is 14.5. The number of hydrogen-bond donors (Lipinski definition) is 1. The minimum Gasteiger partial charge on any atom is -0.481 e. The van der Waals surface area contributed by atoms with Gasteiger partial charge in [0.1, 0.15) is 12.4 Å². The van der Waals surface area contributed by atoms with Crippen LogP contribution in [0.1, 0.15) is 41.0 Å². The number of carboxylic acid groups (broad SMARTS) is 1. The van der Waals surface area contributed by atoms with E-state index in [0.717, 1.165) is 41.6 Å². The van der Waals surface area contributed by atoms with Gasteiger partial charge in [0.2, 0.25) is 0 Å². The molecule has 0 spiro atoms. The van der Waals surface area contributed by atoms with Crippen molar-refractivity contribution in [3.63, 3.8) is 0 Å². The maximum Gasteiger partial charge on any atom is 0.307 e. The molecule has 5 nitrogen and oxygen atoms in total. The fourth-order valence-electron chi connectivity index (χ4n) is 4.04. The first kappa shape index (κ1) is 22.0. The van der Waals surface area contributed by atoms with E-state index in [1.807, 2.05) is 32.0 Å². The van der Waals surface area contributed by atoms with Crippen molar-refractivity contribution in [2.24, 2.45) is 11.1 Å². The van der Waals surface area contributed by atoms with Crippen molar-refractivity contribution < 1.29 is 19.1 Å². The number of hydrogen-bond acceptors (Lipinski definition) is 4. The molecular formula is C24H29FN2O3. The second kappa shape index (κ2) is 10.3. The predicted octanol–water partition coefficient (Wildman–Crippen LogP) is 4.37. The van der Waals surface area contributed by atoms with E-state index in [9.17, 15) is 14.3 Å². The molecule has 0 radical (unpaired) electrons. The smallest absolute Gasteiger partial charge is 0.307 e. The van der Waals surface area contributed by atoms with Crippen LogP contribution in [0, 0.1) is 25.6 Å². The molecular weight excluding hydrogens is 383 g/mol. The highest BCUT2D eigenvalue weighted by Gasteiger charge is 2.25. The van der Waals surface area contributed by atoms with Gasteiger partial charge in [-0.2, -0.15) is 0 Å². The van der Waals surface area contributed by atoms with Gasteiger partial charge in [0.25, 0.3) is 0 Å². The number of carboxylic acids is 1. The molecule has 1 heterocycles. The number of nitrogens with zero attached hydrogens (tertiary/aromatic N) is 2. The number of carbonyl (C=O) groups is 1. The van der Waals surface area contributed by atoms with Crippen molar-refractivity contribution in [2.45, 2.75) is 32.6 Å². The lowest BCUT2D eigenvalue weighted by atomic mass is 9.87. The normalized spacial score (nSPS) is 18.4. The van der Waals surface area contributed by atoms with Crippen molar-refractivity contribution in [1.29, 1.82) is 0 Å². The van der Waals surface area contributed by atoms with Crippen LogP contribution in [0.3, 0.4) is 0 Å². The van der Waals surface area contributed by atoms with Gasteiger partial charge in [-0.05, 0) is 67.6 Å². The number of oxime groups is 1. The van der Waals surface area contributed by atoms with Crippen LogP contribution in [-0.4, -0.2) is 48.4 Å². The van der Waals surface area contributed by atoms with E-state index < -0.39 is 5.97 Å². The summed E-state index contributed by atoms with van der Waals surface area (Å²) in [5, 5.41) is 13.4. The van der Waals surface area contributed by atoms with Gasteiger partial charge in [-0.3, -0.25) is 9.69 Å². The molecule has 1 saturated heterocycles. The molecule has 0 aliphatic carbocycles. The van der Waals surface area contributed by atoms with Crippen LogP contribution < -0.4 is 0 Å². The van der Waals surface area contributed by atoms with Gasteiger partial charge in [0, 0.05) is 19.0 Å². The summed E-state index contributed by atoms with van der Waals surface area (Å²) in [7, 11) is 0. The fraction of sp³-hybridized carbons (Fsp3) is 0.417. The number of piperidine rings is 1. The van der Waals surface area contributed by atoms with Crippen molar-refractivity contribution in [3.8, 4) is 0 Å². The summed E-state index contributed by atoms with van der Waals surface area (Å²) in [6.07, 6.45) is 3.39. The van der Waals surface area contributed by atoms with E-state index in [2.05, 4.69) is 16.1 Å². The number of aryl methyl sites for hydroxylation is 2. The Kier molecular flexibility index (Phi) is 7.57. The number of likely N-dealkylation sites (tertiary alicyclic amines) is 1. The molecule has 0 aromatic heterocycles. The summed E-state index contributed by atoms with van der Waals surface area (Å²) in [6, 6.07) is 12.9. The second-order valence-corrected chi connectivity index (χ2v) is 7.90. The SMILES string of the molecule is Cc1ccccc1C(C=NOCCN1CCC[C@@H](C(=O)O)C1)c1ccc(F)cc1C. The number of halogens is 1. The third kappa shape index (κ3) is 5.66. The Morgan fingerprint density at radius 3 is 2.77 bits per heavy atom. The van der Waals surface area contributed by atoms with Crippen molar-refractivity contribution in [3.05, 3.63) is 70.5 Å². The summed E-state index contributed by atoms with van der Waals surface area (Å²) in [6.45, 7) is 6.43. The van der Waals surface area contributed by atoms with Gasteiger partial charge in [0.15, 0.2) is 0 Å². The van der Waals surface area contributed by atoms with Crippen LogP contribution >= 0.6 is 0 Å². The Bertz CT molecular complexity index is 900. The molecule has 1 unspecified atom stereocenters. The Morgan fingerprint density at radius 2 is 2.03 bits per heavy atom. The zero-order valence-corrected chi connectivity index (χ0v) is 17.6. The van der Waals surface area contributed by atoms with Gasteiger partial charge >= 0.3 is 5.97 Å². The van der Waals surface area contributed by atoms with Crippen LogP contribution in [0.15, 0.2) is 47.6 Å². The van der Waals surface area contributed by atoms with E-state index in [4.69, 9.17) is 4.84 Å². The number of aliphatic carboxylic acids is 1. The van der Waals surface area contributed by atoms with E-state index in [0.29, 0.717) is 19.7 Å². The summed E-state index contributed by atoms with van der Waals surface area (Å²) in [5.74, 6) is -1.42. The van der Waals surface area contributed by atoms with Gasteiger partial charge in [-0.15, -0.1) is 0 Å². The lowest BCUT2D eigenvalue weighted by Crippen LogP contribution is -2.40. The van der Waals surface area contributed by atoms with Gasteiger partial charge in [0.05, 0.1) is 12.1 Å². The van der Waals surface area contributed by atoms with E-state index in [1.54, 1.807) is 12.3 Å². The molecule has 6 heteroatoms. The van der Waals surface area contributed by atoms with Gasteiger partial charge < -0.3 is 9.94 Å². The molecule has 1 fully saturated rings.